The van der Waals surface area contributed by atoms with Crippen LogP contribution in [0.15, 0.2) is 33.8 Å². The molecule has 4 heteroatoms. The number of hydrogen-bond donors (Lipinski definition) is 1. The van der Waals surface area contributed by atoms with Gasteiger partial charge in [-0.1, -0.05) is 25.1 Å². The SMILES string of the molecule is Cc1c(C(=O)N/N=C2\CCC[C@H](C)C2)oc2ccccc12. The van der Waals surface area contributed by atoms with Crippen LogP contribution in [0, 0.1) is 12.8 Å². The zero-order valence-corrected chi connectivity index (χ0v) is 12.5. The first-order valence-corrected chi connectivity index (χ1v) is 7.49. The van der Waals surface area contributed by atoms with Crippen molar-refractivity contribution in [1.29, 1.82) is 0 Å². The minimum Gasteiger partial charge on any atom is -0.451 e. The lowest BCUT2D eigenvalue weighted by molar-refractivity contribution is 0.0928. The number of nitrogens with one attached hydrogen (secondary N) is 1. The van der Waals surface area contributed by atoms with Gasteiger partial charge in [-0.25, -0.2) is 5.43 Å². The van der Waals surface area contributed by atoms with E-state index < -0.39 is 0 Å². The summed E-state index contributed by atoms with van der Waals surface area (Å²) in [7, 11) is 0. The first kappa shape index (κ1) is 13.9. The number of hydrogen-bond acceptors (Lipinski definition) is 3. The smallest absolute Gasteiger partial charge is 0.307 e. The lowest BCUT2D eigenvalue weighted by Crippen LogP contribution is -2.22. The van der Waals surface area contributed by atoms with E-state index in [2.05, 4.69) is 17.5 Å². The van der Waals surface area contributed by atoms with Crippen LogP contribution in [0.25, 0.3) is 11.0 Å². The standard InChI is InChI=1S/C17H20N2O2/c1-11-6-5-7-13(10-11)18-19-17(20)16-12(2)14-8-3-4-9-15(14)21-16/h3-4,8-9,11H,5-7,10H2,1-2H3,(H,19,20)/b18-13+/t11-/m0/s1. The van der Waals surface area contributed by atoms with Crippen LogP contribution >= 0.6 is 0 Å². The van der Waals surface area contributed by atoms with Crippen molar-refractivity contribution in [2.45, 2.75) is 39.5 Å². The van der Waals surface area contributed by atoms with Gasteiger partial charge in [0.05, 0.1) is 0 Å². The molecule has 1 heterocycles. The number of benzene rings is 1. The number of amides is 1. The number of aryl methyl sites for hydroxylation is 1. The first-order valence-electron chi connectivity index (χ1n) is 7.49. The van der Waals surface area contributed by atoms with Crippen molar-refractivity contribution in [3.8, 4) is 0 Å². The Hall–Kier alpha value is -2.10. The maximum atomic E-state index is 12.2. The molecule has 0 radical (unpaired) electrons. The molecular weight excluding hydrogens is 264 g/mol. The molecule has 0 unspecified atom stereocenters. The quantitative estimate of drug-likeness (QED) is 0.846. The highest BCUT2D eigenvalue weighted by Gasteiger charge is 2.18. The summed E-state index contributed by atoms with van der Waals surface area (Å²) in [6.07, 6.45) is 4.35. The zero-order chi connectivity index (χ0) is 14.8. The molecule has 1 atom stereocenters. The van der Waals surface area contributed by atoms with Crippen molar-refractivity contribution >= 4 is 22.6 Å². The molecule has 1 aliphatic rings. The lowest BCUT2D eigenvalue weighted by atomic mass is 9.89. The van der Waals surface area contributed by atoms with Crippen LogP contribution in [0.4, 0.5) is 0 Å². The minimum absolute atomic E-state index is 0.269. The topological polar surface area (TPSA) is 54.6 Å². The van der Waals surface area contributed by atoms with E-state index in [1.54, 1.807) is 0 Å². The van der Waals surface area contributed by atoms with Crippen LogP contribution < -0.4 is 5.43 Å². The highest BCUT2D eigenvalue weighted by molar-refractivity contribution is 5.99. The summed E-state index contributed by atoms with van der Waals surface area (Å²) in [6, 6.07) is 7.67. The molecule has 0 spiro atoms. The summed E-state index contributed by atoms with van der Waals surface area (Å²) in [5, 5.41) is 5.25. The Morgan fingerprint density at radius 2 is 2.19 bits per heavy atom. The average Bonchev–Trinajstić information content (AvgIpc) is 2.83. The molecule has 0 bridgehead atoms. The largest absolute Gasteiger partial charge is 0.451 e. The Balaban J connectivity index is 1.78. The van der Waals surface area contributed by atoms with Gasteiger partial charge in [0.15, 0.2) is 5.76 Å². The van der Waals surface area contributed by atoms with E-state index in [-0.39, 0.29) is 5.91 Å². The zero-order valence-electron chi connectivity index (χ0n) is 12.5. The predicted molar refractivity (Wildman–Crippen MR) is 83.5 cm³/mol. The molecule has 1 aliphatic carbocycles. The summed E-state index contributed by atoms with van der Waals surface area (Å²) in [6.45, 7) is 4.12. The molecule has 110 valence electrons. The first-order chi connectivity index (χ1) is 10.1. The van der Waals surface area contributed by atoms with Crippen LogP contribution in [-0.4, -0.2) is 11.6 Å². The third-order valence-electron chi connectivity index (χ3n) is 4.11. The van der Waals surface area contributed by atoms with Crippen LogP contribution in [0.1, 0.15) is 48.7 Å². The molecule has 4 nitrogen and oxygen atoms in total. The number of carbonyl (C=O) groups is 1. The molecule has 1 fully saturated rings. The second-order valence-corrected chi connectivity index (χ2v) is 5.87. The molecule has 1 N–H and O–H groups in total. The molecule has 1 saturated carbocycles. The van der Waals surface area contributed by atoms with Crippen LogP contribution in [0.5, 0.6) is 0 Å². The Bertz CT molecular complexity index is 700. The fraction of sp³-hybridized carbons (Fsp3) is 0.412. The highest BCUT2D eigenvalue weighted by Crippen LogP contribution is 2.25. The number of para-hydroxylation sites is 1. The minimum atomic E-state index is -0.269. The van der Waals surface area contributed by atoms with Gasteiger partial charge in [-0.05, 0) is 44.6 Å². The van der Waals surface area contributed by atoms with Gasteiger partial charge in [-0.3, -0.25) is 4.79 Å². The molecule has 0 aliphatic heterocycles. The monoisotopic (exact) mass is 284 g/mol. The van der Waals surface area contributed by atoms with Gasteiger partial charge in [-0.15, -0.1) is 0 Å². The Labute approximate surface area is 124 Å². The molecule has 3 rings (SSSR count). The predicted octanol–water partition coefficient (Wildman–Crippen LogP) is 4.04. The van der Waals surface area contributed by atoms with Gasteiger partial charge in [0.1, 0.15) is 5.58 Å². The summed E-state index contributed by atoms with van der Waals surface area (Å²) in [5.41, 5.74) is 5.32. The van der Waals surface area contributed by atoms with Gasteiger partial charge in [0, 0.05) is 16.7 Å². The molecule has 0 saturated heterocycles. The van der Waals surface area contributed by atoms with Crippen molar-refractivity contribution < 1.29 is 9.21 Å². The molecule has 1 aromatic carbocycles. The maximum absolute atomic E-state index is 12.2. The second-order valence-electron chi connectivity index (χ2n) is 5.87. The molecule has 1 amide bonds. The van der Waals surface area contributed by atoms with E-state index in [1.807, 2.05) is 31.2 Å². The summed E-state index contributed by atoms with van der Waals surface area (Å²) >= 11 is 0. The number of carbonyl (C=O) groups excluding carboxylic acids is 1. The third kappa shape index (κ3) is 2.84. The van der Waals surface area contributed by atoms with Gasteiger partial charge in [0.25, 0.3) is 0 Å². The highest BCUT2D eigenvalue weighted by atomic mass is 16.3. The molecular formula is C17H20N2O2. The third-order valence-corrected chi connectivity index (χ3v) is 4.11. The van der Waals surface area contributed by atoms with E-state index in [0.29, 0.717) is 11.7 Å². The normalized spacial score (nSPS) is 20.9. The summed E-state index contributed by atoms with van der Waals surface area (Å²) in [4.78, 5) is 12.2. The van der Waals surface area contributed by atoms with E-state index in [9.17, 15) is 4.79 Å². The van der Waals surface area contributed by atoms with Gasteiger partial charge >= 0.3 is 5.91 Å². The van der Waals surface area contributed by atoms with Crippen molar-refractivity contribution in [3.63, 3.8) is 0 Å². The van der Waals surface area contributed by atoms with E-state index in [4.69, 9.17) is 4.42 Å². The molecule has 21 heavy (non-hydrogen) atoms. The summed E-state index contributed by atoms with van der Waals surface area (Å²) < 4.78 is 5.64. The van der Waals surface area contributed by atoms with Gasteiger partial charge in [-0.2, -0.15) is 5.10 Å². The van der Waals surface area contributed by atoms with Crippen molar-refractivity contribution in [1.82, 2.24) is 5.43 Å². The van der Waals surface area contributed by atoms with E-state index in [0.717, 1.165) is 41.5 Å². The van der Waals surface area contributed by atoms with Crippen molar-refractivity contribution in [2.75, 3.05) is 0 Å². The van der Waals surface area contributed by atoms with E-state index >= 15 is 0 Å². The Morgan fingerprint density at radius 1 is 1.38 bits per heavy atom. The van der Waals surface area contributed by atoms with Crippen LogP contribution in [-0.2, 0) is 0 Å². The second kappa shape index (κ2) is 5.72. The Morgan fingerprint density at radius 3 is 2.95 bits per heavy atom. The molecule has 1 aromatic heterocycles. The number of nitrogens with zero attached hydrogens (tertiary/aromatic N) is 1. The van der Waals surface area contributed by atoms with Crippen LogP contribution in [0.3, 0.4) is 0 Å². The lowest BCUT2D eigenvalue weighted by Gasteiger charge is -2.18. The summed E-state index contributed by atoms with van der Waals surface area (Å²) in [5.74, 6) is 0.737. The fourth-order valence-electron chi connectivity index (χ4n) is 2.93. The van der Waals surface area contributed by atoms with Crippen LogP contribution in [0.2, 0.25) is 0 Å². The van der Waals surface area contributed by atoms with Crippen molar-refractivity contribution in [2.24, 2.45) is 11.0 Å². The number of hydrazone groups is 1. The number of fused-ring (bicyclic) bond motifs is 1. The van der Waals surface area contributed by atoms with Gasteiger partial charge in [0.2, 0.25) is 0 Å². The Kier molecular flexibility index (Phi) is 3.78. The maximum Gasteiger partial charge on any atom is 0.307 e. The van der Waals surface area contributed by atoms with Crippen molar-refractivity contribution in [3.05, 3.63) is 35.6 Å². The van der Waals surface area contributed by atoms with Gasteiger partial charge < -0.3 is 4.42 Å². The number of rotatable bonds is 2. The average molecular weight is 284 g/mol. The fourth-order valence-corrected chi connectivity index (χ4v) is 2.93. The van der Waals surface area contributed by atoms with E-state index in [1.165, 1.54) is 6.42 Å². The number of furan rings is 1. The molecule has 2 aromatic rings.